The summed E-state index contributed by atoms with van der Waals surface area (Å²) in [6, 6.07) is 4.29. The van der Waals surface area contributed by atoms with E-state index >= 15 is 0 Å². The summed E-state index contributed by atoms with van der Waals surface area (Å²) < 4.78 is 28.0. The van der Waals surface area contributed by atoms with Gasteiger partial charge in [-0.25, -0.2) is 18.4 Å². The number of benzene rings is 1. The first-order valence-corrected chi connectivity index (χ1v) is 10.9. The molecule has 1 fully saturated rings. The lowest BCUT2D eigenvalue weighted by molar-refractivity contribution is -0.126. The Balaban J connectivity index is 2.15. The van der Waals surface area contributed by atoms with E-state index in [1.807, 2.05) is 11.8 Å². The highest BCUT2D eigenvalue weighted by atomic mass is 32.2. The van der Waals surface area contributed by atoms with Gasteiger partial charge in [-0.15, -0.1) is 0 Å². The highest BCUT2D eigenvalue weighted by molar-refractivity contribution is 7.89. The van der Waals surface area contributed by atoms with E-state index in [1.54, 1.807) is 6.07 Å². The van der Waals surface area contributed by atoms with E-state index in [4.69, 9.17) is 9.88 Å². The lowest BCUT2D eigenvalue weighted by Crippen LogP contribution is -2.44. The zero-order chi connectivity index (χ0) is 21.1. The summed E-state index contributed by atoms with van der Waals surface area (Å²) in [6.45, 7) is 7.27. The minimum absolute atomic E-state index is 0.0543. The zero-order valence-electron chi connectivity index (χ0n) is 16.8. The van der Waals surface area contributed by atoms with Crippen molar-refractivity contribution in [3.05, 3.63) is 23.8 Å². The number of amides is 1. The van der Waals surface area contributed by atoms with Gasteiger partial charge in [0.05, 0.1) is 23.3 Å². The maximum atomic E-state index is 12.4. The van der Waals surface area contributed by atoms with Gasteiger partial charge in [-0.2, -0.15) is 0 Å². The Kier molecular flexibility index (Phi) is 7.06. The molecule has 1 saturated heterocycles. The van der Waals surface area contributed by atoms with E-state index in [0.29, 0.717) is 37.5 Å². The van der Waals surface area contributed by atoms with Crippen molar-refractivity contribution in [2.24, 2.45) is 17.0 Å². The van der Waals surface area contributed by atoms with Gasteiger partial charge in [-0.3, -0.25) is 4.79 Å². The Morgan fingerprint density at radius 1 is 1.21 bits per heavy atom. The van der Waals surface area contributed by atoms with Gasteiger partial charge in [0, 0.05) is 25.0 Å². The number of carbonyl (C=O) groups excluding carboxylic acids is 2. The molecule has 1 aromatic rings. The Morgan fingerprint density at radius 3 is 2.32 bits per heavy atom. The molecule has 2 rings (SSSR count). The molecule has 0 radical (unpaired) electrons. The topological polar surface area (TPSA) is 119 Å². The highest BCUT2D eigenvalue weighted by Gasteiger charge is 2.28. The number of rotatable bonds is 6. The number of ether oxygens (including phenoxy) is 1. The average molecular weight is 412 g/mol. The van der Waals surface area contributed by atoms with E-state index < -0.39 is 16.0 Å². The second-order valence-corrected chi connectivity index (χ2v) is 9.08. The van der Waals surface area contributed by atoms with Gasteiger partial charge in [0.15, 0.2) is 0 Å². The summed E-state index contributed by atoms with van der Waals surface area (Å²) in [5.41, 5.74) is 0.721. The Morgan fingerprint density at radius 2 is 1.82 bits per heavy atom. The Hall–Kier alpha value is -2.13. The van der Waals surface area contributed by atoms with Crippen molar-refractivity contribution < 1.29 is 22.7 Å². The Labute approximate surface area is 166 Å². The smallest absolute Gasteiger partial charge is 0.340 e. The molecule has 0 bridgehead atoms. The number of carbonyl (C=O) groups is 2. The SMILES string of the molecule is COC(=O)c1cc(S(N)(=O)=O)ccc1N1CCC(C(=O)NC(C)C(C)C)CC1. The molecule has 0 spiro atoms. The molecule has 1 aliphatic rings. The number of nitrogens with two attached hydrogens (primary N) is 1. The monoisotopic (exact) mass is 411 g/mol. The number of anilines is 1. The number of methoxy groups -OCH3 is 1. The van der Waals surface area contributed by atoms with Crippen LogP contribution >= 0.6 is 0 Å². The lowest BCUT2D eigenvalue weighted by atomic mass is 9.94. The summed E-state index contributed by atoms with van der Waals surface area (Å²) in [5.74, 6) is -0.295. The van der Waals surface area contributed by atoms with Gasteiger partial charge in [-0.1, -0.05) is 13.8 Å². The number of nitrogens with zero attached hydrogens (tertiary/aromatic N) is 1. The molecular formula is C19H29N3O5S. The number of hydrogen-bond donors (Lipinski definition) is 2. The van der Waals surface area contributed by atoms with Gasteiger partial charge >= 0.3 is 5.97 Å². The van der Waals surface area contributed by atoms with Crippen LogP contribution in [0.2, 0.25) is 0 Å². The molecule has 1 amide bonds. The van der Waals surface area contributed by atoms with Crippen LogP contribution in [-0.4, -0.2) is 46.5 Å². The van der Waals surface area contributed by atoms with Crippen LogP contribution in [0, 0.1) is 11.8 Å². The third kappa shape index (κ3) is 5.23. The summed E-state index contributed by atoms with van der Waals surface area (Å²) in [4.78, 5) is 26.4. The molecule has 9 heteroatoms. The first-order chi connectivity index (χ1) is 13.0. The normalized spacial score (nSPS) is 16.7. The fourth-order valence-electron chi connectivity index (χ4n) is 3.13. The van der Waals surface area contributed by atoms with Crippen LogP contribution in [0.15, 0.2) is 23.1 Å². The third-order valence-electron chi connectivity index (χ3n) is 5.28. The average Bonchev–Trinajstić information content (AvgIpc) is 2.66. The van der Waals surface area contributed by atoms with Crippen LogP contribution in [-0.2, 0) is 19.6 Å². The minimum Gasteiger partial charge on any atom is -0.465 e. The molecule has 0 saturated carbocycles. The maximum Gasteiger partial charge on any atom is 0.340 e. The summed E-state index contributed by atoms with van der Waals surface area (Å²) in [5, 5.41) is 8.22. The number of esters is 1. The number of primary sulfonamides is 1. The maximum absolute atomic E-state index is 12.4. The van der Waals surface area contributed by atoms with E-state index in [0.717, 1.165) is 0 Å². The van der Waals surface area contributed by atoms with Crippen molar-refractivity contribution in [1.29, 1.82) is 0 Å². The third-order valence-corrected chi connectivity index (χ3v) is 6.19. The molecule has 28 heavy (non-hydrogen) atoms. The molecule has 1 heterocycles. The van der Waals surface area contributed by atoms with Gasteiger partial charge in [0.2, 0.25) is 15.9 Å². The van der Waals surface area contributed by atoms with Crippen LogP contribution in [0.5, 0.6) is 0 Å². The second kappa shape index (κ2) is 8.91. The van der Waals surface area contributed by atoms with Crippen LogP contribution < -0.4 is 15.4 Å². The van der Waals surface area contributed by atoms with Crippen LogP contribution in [0.4, 0.5) is 5.69 Å². The van der Waals surface area contributed by atoms with Crippen molar-refractivity contribution in [3.63, 3.8) is 0 Å². The molecule has 1 atom stereocenters. The first kappa shape index (κ1) is 22.2. The number of nitrogens with one attached hydrogen (secondary N) is 1. The van der Waals surface area contributed by atoms with Crippen LogP contribution in [0.1, 0.15) is 44.0 Å². The number of sulfonamides is 1. The largest absolute Gasteiger partial charge is 0.465 e. The van der Waals surface area contributed by atoms with Gasteiger partial charge < -0.3 is 15.0 Å². The molecule has 8 nitrogen and oxygen atoms in total. The highest BCUT2D eigenvalue weighted by Crippen LogP contribution is 2.29. The number of piperidine rings is 1. The number of hydrogen-bond acceptors (Lipinski definition) is 6. The van der Waals surface area contributed by atoms with Gasteiger partial charge in [-0.05, 0) is 43.9 Å². The molecule has 1 aliphatic heterocycles. The van der Waals surface area contributed by atoms with E-state index in [-0.39, 0.29) is 28.3 Å². The molecule has 1 aromatic carbocycles. The fraction of sp³-hybridized carbons (Fsp3) is 0.579. The van der Waals surface area contributed by atoms with E-state index in [1.165, 1.54) is 19.2 Å². The van der Waals surface area contributed by atoms with Crippen LogP contribution in [0.25, 0.3) is 0 Å². The van der Waals surface area contributed by atoms with Crippen molar-refractivity contribution >= 4 is 27.6 Å². The molecule has 0 aliphatic carbocycles. The van der Waals surface area contributed by atoms with Crippen molar-refractivity contribution in [3.8, 4) is 0 Å². The van der Waals surface area contributed by atoms with E-state index in [2.05, 4.69) is 19.2 Å². The molecule has 156 valence electrons. The second-order valence-electron chi connectivity index (χ2n) is 7.52. The quantitative estimate of drug-likeness (QED) is 0.685. The van der Waals surface area contributed by atoms with Crippen molar-refractivity contribution in [2.75, 3.05) is 25.1 Å². The molecule has 3 N–H and O–H groups in total. The van der Waals surface area contributed by atoms with Gasteiger partial charge in [0.1, 0.15) is 0 Å². The molecule has 1 unspecified atom stereocenters. The van der Waals surface area contributed by atoms with Gasteiger partial charge in [0.25, 0.3) is 0 Å². The fourth-order valence-corrected chi connectivity index (χ4v) is 3.67. The predicted octanol–water partition coefficient (Wildman–Crippen LogP) is 1.50. The first-order valence-electron chi connectivity index (χ1n) is 9.35. The zero-order valence-corrected chi connectivity index (χ0v) is 17.6. The molecular weight excluding hydrogens is 382 g/mol. The van der Waals surface area contributed by atoms with E-state index in [9.17, 15) is 18.0 Å². The Bertz CT molecular complexity index is 830. The summed E-state index contributed by atoms with van der Waals surface area (Å²) in [7, 11) is -2.69. The van der Waals surface area contributed by atoms with Crippen molar-refractivity contribution in [2.45, 2.75) is 44.6 Å². The molecule has 0 aromatic heterocycles. The van der Waals surface area contributed by atoms with Crippen molar-refractivity contribution in [1.82, 2.24) is 5.32 Å². The minimum atomic E-state index is -3.93. The standard InChI is InChI=1S/C19H29N3O5S/c1-12(2)13(3)21-18(23)14-7-9-22(10-8-14)17-6-5-15(28(20,25)26)11-16(17)19(24)27-4/h5-6,11-14H,7-10H2,1-4H3,(H,21,23)(H2,20,25,26). The lowest BCUT2D eigenvalue weighted by Gasteiger charge is -2.34. The predicted molar refractivity (Wildman–Crippen MR) is 107 cm³/mol. The summed E-state index contributed by atoms with van der Waals surface area (Å²) in [6.07, 6.45) is 1.29. The van der Waals surface area contributed by atoms with Crippen LogP contribution in [0.3, 0.4) is 0 Å². The summed E-state index contributed by atoms with van der Waals surface area (Å²) >= 11 is 0.